The van der Waals surface area contributed by atoms with E-state index in [2.05, 4.69) is 33.4 Å². The summed E-state index contributed by atoms with van der Waals surface area (Å²) in [6, 6.07) is 0. The number of carbonyl (C=O) groups is 2. The summed E-state index contributed by atoms with van der Waals surface area (Å²) in [5.74, 6) is -1.24. The number of aliphatic hydroxyl groups excluding tert-OH is 1. The first-order chi connectivity index (χ1) is 15.8. The SMILES string of the molecule is C=C1CC[C@]2(C(=O)O)CC[C@]3(C)C(=CC[C@@H]4[C@@]5(C)CC[C@H](O)C(C)(C(=O)O)C5CC[C@]43C)[C@H]2C1. The molecule has 5 heteroatoms. The van der Waals surface area contributed by atoms with E-state index < -0.39 is 28.9 Å². The number of aliphatic carboxylic acids is 2. The largest absolute Gasteiger partial charge is 0.481 e. The van der Waals surface area contributed by atoms with Gasteiger partial charge in [0.15, 0.2) is 0 Å². The molecule has 5 aliphatic carbocycles. The number of rotatable bonds is 2. The van der Waals surface area contributed by atoms with Gasteiger partial charge in [-0.1, -0.05) is 44.6 Å². The van der Waals surface area contributed by atoms with Crippen molar-refractivity contribution < 1.29 is 24.9 Å². The van der Waals surface area contributed by atoms with Gasteiger partial charge in [-0.2, -0.15) is 0 Å². The average Bonchev–Trinajstić information content (AvgIpc) is 2.76. The molecule has 0 aromatic carbocycles. The molecular formula is C29H42O5. The van der Waals surface area contributed by atoms with Crippen LogP contribution in [-0.2, 0) is 9.59 Å². The highest BCUT2D eigenvalue weighted by molar-refractivity contribution is 5.77. The molecule has 0 aromatic heterocycles. The number of carboxylic acids is 2. The highest BCUT2D eigenvalue weighted by Gasteiger charge is 2.70. The van der Waals surface area contributed by atoms with Crippen LogP contribution < -0.4 is 0 Å². The lowest BCUT2D eigenvalue weighted by Gasteiger charge is -2.70. The Balaban J connectivity index is 1.60. The van der Waals surface area contributed by atoms with Gasteiger partial charge in [-0.25, -0.2) is 0 Å². The van der Waals surface area contributed by atoms with Crippen LogP contribution in [0.1, 0.15) is 91.9 Å². The van der Waals surface area contributed by atoms with E-state index >= 15 is 0 Å². The van der Waals surface area contributed by atoms with E-state index in [9.17, 15) is 24.9 Å². The average molecular weight is 471 g/mol. The predicted molar refractivity (Wildman–Crippen MR) is 130 cm³/mol. The van der Waals surface area contributed by atoms with Crippen molar-refractivity contribution in [3.8, 4) is 0 Å². The maximum atomic E-state index is 12.6. The highest BCUT2D eigenvalue weighted by atomic mass is 16.4. The number of allylic oxidation sites excluding steroid dienone is 3. The Bertz CT molecular complexity index is 983. The maximum Gasteiger partial charge on any atom is 0.312 e. The summed E-state index contributed by atoms with van der Waals surface area (Å²) < 4.78 is 0. The van der Waals surface area contributed by atoms with Crippen LogP contribution in [0.2, 0.25) is 0 Å². The van der Waals surface area contributed by atoms with Crippen LogP contribution in [0.25, 0.3) is 0 Å². The van der Waals surface area contributed by atoms with Crippen molar-refractivity contribution in [2.24, 2.45) is 44.8 Å². The summed E-state index contributed by atoms with van der Waals surface area (Å²) in [6.07, 6.45) is 9.40. The number of fused-ring (bicyclic) bond motifs is 7. The summed E-state index contributed by atoms with van der Waals surface area (Å²) in [7, 11) is 0. The second-order valence-electron chi connectivity index (χ2n) is 13.4. The van der Waals surface area contributed by atoms with E-state index in [0.717, 1.165) is 44.9 Å². The molecule has 9 atom stereocenters. The summed E-state index contributed by atoms with van der Waals surface area (Å²) in [4.78, 5) is 25.1. The Kier molecular flexibility index (Phi) is 5.11. The molecule has 0 aliphatic heterocycles. The molecule has 0 radical (unpaired) electrons. The predicted octanol–water partition coefficient (Wildman–Crippen LogP) is 5.83. The van der Waals surface area contributed by atoms with Crippen LogP contribution in [0.3, 0.4) is 0 Å². The molecule has 4 fully saturated rings. The number of hydrogen-bond acceptors (Lipinski definition) is 3. The molecule has 0 bridgehead atoms. The Labute approximate surface area is 203 Å². The first-order valence-corrected chi connectivity index (χ1v) is 13.3. The lowest BCUT2D eigenvalue weighted by Crippen LogP contribution is -2.66. The molecule has 2 unspecified atom stereocenters. The van der Waals surface area contributed by atoms with Crippen LogP contribution in [0, 0.1) is 44.8 Å². The Morgan fingerprint density at radius 1 is 0.941 bits per heavy atom. The van der Waals surface area contributed by atoms with Crippen molar-refractivity contribution in [2.45, 2.75) is 98.0 Å². The maximum absolute atomic E-state index is 12.6. The third-order valence-electron chi connectivity index (χ3n) is 12.6. The van der Waals surface area contributed by atoms with Gasteiger partial charge in [0.1, 0.15) is 0 Å². The van der Waals surface area contributed by atoms with E-state index in [4.69, 9.17) is 0 Å². The molecule has 0 heterocycles. The van der Waals surface area contributed by atoms with Crippen molar-refractivity contribution in [1.82, 2.24) is 0 Å². The number of hydrogen-bond donors (Lipinski definition) is 3. The summed E-state index contributed by atoms with van der Waals surface area (Å²) in [5, 5.41) is 31.4. The van der Waals surface area contributed by atoms with Crippen molar-refractivity contribution >= 4 is 11.9 Å². The van der Waals surface area contributed by atoms with Gasteiger partial charge in [0.05, 0.1) is 16.9 Å². The van der Waals surface area contributed by atoms with Gasteiger partial charge in [0, 0.05) is 5.92 Å². The topological polar surface area (TPSA) is 94.8 Å². The monoisotopic (exact) mass is 470 g/mol. The van der Waals surface area contributed by atoms with Crippen molar-refractivity contribution in [1.29, 1.82) is 0 Å². The first-order valence-electron chi connectivity index (χ1n) is 13.3. The van der Waals surface area contributed by atoms with E-state index in [-0.39, 0.29) is 28.1 Å². The molecule has 0 aromatic rings. The normalized spacial score (nSPS) is 52.4. The molecule has 0 amide bonds. The van der Waals surface area contributed by atoms with E-state index in [1.54, 1.807) is 6.92 Å². The smallest absolute Gasteiger partial charge is 0.312 e. The van der Waals surface area contributed by atoms with Gasteiger partial charge >= 0.3 is 11.9 Å². The van der Waals surface area contributed by atoms with Crippen LogP contribution in [-0.4, -0.2) is 33.4 Å². The fourth-order valence-electron chi connectivity index (χ4n) is 10.2. The fraction of sp³-hybridized carbons (Fsp3) is 0.793. The highest BCUT2D eigenvalue weighted by Crippen LogP contribution is 2.75. The van der Waals surface area contributed by atoms with Crippen molar-refractivity contribution in [3.63, 3.8) is 0 Å². The summed E-state index contributed by atoms with van der Waals surface area (Å²) in [6.45, 7) is 13.1. The quantitative estimate of drug-likeness (QED) is 0.442. The molecule has 5 aliphatic rings. The molecule has 34 heavy (non-hydrogen) atoms. The zero-order chi connectivity index (χ0) is 24.9. The number of aliphatic hydroxyl groups is 1. The van der Waals surface area contributed by atoms with Gasteiger partial charge in [0.25, 0.3) is 0 Å². The van der Waals surface area contributed by atoms with Gasteiger partial charge < -0.3 is 15.3 Å². The molecule has 5 nitrogen and oxygen atoms in total. The Hall–Kier alpha value is -1.62. The standard InChI is InChI=1S/C29H42O5/c1-17-8-13-29(24(33)34)15-14-26(3)18(19(29)16-17)6-7-20-25(2)11-10-22(30)28(5,23(31)32)21(25)9-12-27(20,26)4/h6,19-22,30H,1,7-16H2,2-5H3,(H,31,32)(H,33,34)/t19-,20-,21?,22+,25-,26-,27-,28?,29+/m1/s1. The van der Waals surface area contributed by atoms with Gasteiger partial charge in [-0.05, 0) is 99.2 Å². The van der Waals surface area contributed by atoms with Crippen LogP contribution in [0.4, 0.5) is 0 Å². The fourth-order valence-corrected chi connectivity index (χ4v) is 10.2. The van der Waals surface area contributed by atoms with E-state index in [1.165, 1.54) is 11.1 Å². The molecule has 0 saturated heterocycles. The third-order valence-corrected chi connectivity index (χ3v) is 12.6. The third kappa shape index (κ3) is 2.66. The van der Waals surface area contributed by atoms with Crippen LogP contribution >= 0.6 is 0 Å². The lowest BCUT2D eigenvalue weighted by atomic mass is 9.33. The Morgan fingerprint density at radius 2 is 1.65 bits per heavy atom. The minimum Gasteiger partial charge on any atom is -0.481 e. The lowest BCUT2D eigenvalue weighted by molar-refractivity contribution is -0.216. The minimum atomic E-state index is -1.12. The van der Waals surface area contributed by atoms with E-state index in [1.807, 2.05) is 0 Å². The van der Waals surface area contributed by atoms with Gasteiger partial charge in [-0.3, -0.25) is 9.59 Å². The minimum absolute atomic E-state index is 0.0192. The second-order valence-corrected chi connectivity index (χ2v) is 13.4. The van der Waals surface area contributed by atoms with Gasteiger partial charge in [0.2, 0.25) is 0 Å². The molecule has 5 rings (SSSR count). The molecule has 188 valence electrons. The molecular weight excluding hydrogens is 428 g/mol. The summed E-state index contributed by atoms with van der Waals surface area (Å²) >= 11 is 0. The van der Waals surface area contributed by atoms with Crippen molar-refractivity contribution in [3.05, 3.63) is 23.8 Å². The molecule has 4 saturated carbocycles. The van der Waals surface area contributed by atoms with Gasteiger partial charge in [-0.15, -0.1) is 0 Å². The second kappa shape index (κ2) is 7.21. The van der Waals surface area contributed by atoms with E-state index in [0.29, 0.717) is 25.2 Å². The Morgan fingerprint density at radius 3 is 2.29 bits per heavy atom. The zero-order valence-corrected chi connectivity index (χ0v) is 21.3. The van der Waals surface area contributed by atoms with Crippen LogP contribution in [0.5, 0.6) is 0 Å². The first kappa shape index (κ1) is 24.1. The molecule has 0 spiro atoms. The number of carboxylic acid groups (broad SMARTS) is 2. The van der Waals surface area contributed by atoms with Crippen molar-refractivity contribution in [2.75, 3.05) is 0 Å². The van der Waals surface area contributed by atoms with Crippen LogP contribution in [0.15, 0.2) is 23.8 Å². The molecule has 3 N–H and O–H groups in total. The zero-order valence-electron chi connectivity index (χ0n) is 21.3. The summed E-state index contributed by atoms with van der Waals surface area (Å²) in [5.41, 5.74) is 0.447.